The van der Waals surface area contributed by atoms with Gasteiger partial charge in [-0.05, 0) is 12.1 Å². The molecule has 0 aliphatic rings. The summed E-state index contributed by atoms with van der Waals surface area (Å²) in [4.78, 5) is 15.7. The summed E-state index contributed by atoms with van der Waals surface area (Å²) in [5.74, 6) is -3.04. The number of carboxylic acid groups (broad SMARTS) is 1. The largest absolute Gasteiger partial charge is 0.477 e. The van der Waals surface area contributed by atoms with E-state index < -0.39 is 17.6 Å². The van der Waals surface area contributed by atoms with Gasteiger partial charge < -0.3 is 10.4 Å². The highest BCUT2D eigenvalue weighted by molar-refractivity contribution is 7.18. The third-order valence-corrected chi connectivity index (χ3v) is 4.00. The first-order valence-electron chi connectivity index (χ1n) is 6.56. The molecule has 0 aliphatic carbocycles. The third kappa shape index (κ3) is 3.19. The number of rotatable bonds is 4. The van der Waals surface area contributed by atoms with Gasteiger partial charge in [-0.15, -0.1) is 0 Å². The molecule has 0 radical (unpaired) electrons. The SMILES string of the molecule is O=C(O)c1sc(Nc2ccc(F)c(F)c2)nc1-c1ccccc1. The number of anilines is 2. The van der Waals surface area contributed by atoms with Crippen molar-refractivity contribution in [1.82, 2.24) is 4.98 Å². The monoisotopic (exact) mass is 332 g/mol. The average Bonchev–Trinajstić information content (AvgIpc) is 2.96. The summed E-state index contributed by atoms with van der Waals surface area (Å²) in [6.45, 7) is 0. The van der Waals surface area contributed by atoms with E-state index in [9.17, 15) is 18.7 Å². The Morgan fingerprint density at radius 3 is 2.48 bits per heavy atom. The molecular formula is C16H10F2N2O2S. The first kappa shape index (κ1) is 15.1. The van der Waals surface area contributed by atoms with E-state index in [1.54, 1.807) is 24.3 Å². The quantitative estimate of drug-likeness (QED) is 0.737. The first-order valence-corrected chi connectivity index (χ1v) is 7.38. The van der Waals surface area contributed by atoms with E-state index in [2.05, 4.69) is 10.3 Å². The minimum Gasteiger partial charge on any atom is -0.477 e. The van der Waals surface area contributed by atoms with Crippen LogP contribution in [0.1, 0.15) is 9.67 Å². The smallest absolute Gasteiger partial charge is 0.348 e. The van der Waals surface area contributed by atoms with Gasteiger partial charge >= 0.3 is 5.97 Å². The van der Waals surface area contributed by atoms with Crippen molar-refractivity contribution in [2.45, 2.75) is 0 Å². The van der Waals surface area contributed by atoms with Crippen LogP contribution >= 0.6 is 11.3 Å². The predicted molar refractivity (Wildman–Crippen MR) is 84.1 cm³/mol. The lowest BCUT2D eigenvalue weighted by Gasteiger charge is -2.02. The Morgan fingerprint density at radius 2 is 1.83 bits per heavy atom. The second kappa shape index (κ2) is 6.13. The minimum atomic E-state index is -1.10. The van der Waals surface area contributed by atoms with Crippen molar-refractivity contribution in [2.24, 2.45) is 0 Å². The van der Waals surface area contributed by atoms with Crippen molar-refractivity contribution in [3.05, 3.63) is 65.0 Å². The number of nitrogens with one attached hydrogen (secondary N) is 1. The van der Waals surface area contributed by atoms with Gasteiger partial charge in [-0.3, -0.25) is 0 Å². The zero-order chi connectivity index (χ0) is 16.4. The Hall–Kier alpha value is -2.80. The van der Waals surface area contributed by atoms with Crippen molar-refractivity contribution in [3.8, 4) is 11.3 Å². The van der Waals surface area contributed by atoms with Crippen LogP contribution < -0.4 is 5.32 Å². The van der Waals surface area contributed by atoms with E-state index in [1.807, 2.05) is 6.07 Å². The molecule has 0 bridgehead atoms. The van der Waals surface area contributed by atoms with Crippen LogP contribution in [0.4, 0.5) is 19.6 Å². The molecule has 0 saturated heterocycles. The number of carbonyl (C=O) groups is 1. The molecule has 7 heteroatoms. The highest BCUT2D eigenvalue weighted by Gasteiger charge is 2.19. The molecule has 2 aromatic carbocycles. The van der Waals surface area contributed by atoms with Gasteiger partial charge in [-0.1, -0.05) is 41.7 Å². The van der Waals surface area contributed by atoms with Crippen molar-refractivity contribution < 1.29 is 18.7 Å². The van der Waals surface area contributed by atoms with E-state index >= 15 is 0 Å². The molecule has 3 aromatic rings. The lowest BCUT2D eigenvalue weighted by Crippen LogP contribution is -1.95. The van der Waals surface area contributed by atoms with Gasteiger partial charge in [0.05, 0.1) is 5.69 Å². The maximum Gasteiger partial charge on any atom is 0.348 e. The summed E-state index contributed by atoms with van der Waals surface area (Å²) in [7, 11) is 0. The topological polar surface area (TPSA) is 62.2 Å². The van der Waals surface area contributed by atoms with Crippen molar-refractivity contribution in [1.29, 1.82) is 0 Å². The van der Waals surface area contributed by atoms with Crippen LogP contribution in [0.15, 0.2) is 48.5 Å². The Morgan fingerprint density at radius 1 is 1.09 bits per heavy atom. The number of benzene rings is 2. The minimum absolute atomic E-state index is 0.0706. The Balaban J connectivity index is 1.98. The summed E-state index contributed by atoms with van der Waals surface area (Å²) in [6.07, 6.45) is 0. The van der Waals surface area contributed by atoms with Crippen LogP contribution in [0.3, 0.4) is 0 Å². The van der Waals surface area contributed by atoms with Gasteiger partial charge in [0, 0.05) is 17.3 Å². The number of nitrogens with zero attached hydrogens (tertiary/aromatic N) is 1. The maximum absolute atomic E-state index is 13.2. The van der Waals surface area contributed by atoms with Gasteiger partial charge in [0.1, 0.15) is 4.88 Å². The van der Waals surface area contributed by atoms with Gasteiger partial charge in [0.2, 0.25) is 0 Å². The van der Waals surface area contributed by atoms with Crippen molar-refractivity contribution >= 4 is 28.1 Å². The van der Waals surface area contributed by atoms with Gasteiger partial charge in [0.25, 0.3) is 0 Å². The summed E-state index contributed by atoms with van der Waals surface area (Å²) >= 11 is 0.929. The van der Waals surface area contributed by atoms with Gasteiger partial charge in [0.15, 0.2) is 16.8 Å². The summed E-state index contributed by atoms with van der Waals surface area (Å²) in [6, 6.07) is 12.2. The van der Waals surface area contributed by atoms with E-state index in [-0.39, 0.29) is 15.7 Å². The Bertz CT molecular complexity index is 866. The molecule has 0 atom stereocenters. The van der Waals surface area contributed by atoms with Crippen molar-refractivity contribution in [3.63, 3.8) is 0 Å². The molecule has 0 aliphatic heterocycles. The molecule has 1 heterocycles. The van der Waals surface area contributed by atoms with Gasteiger partial charge in [-0.2, -0.15) is 0 Å². The number of halogens is 2. The molecule has 3 rings (SSSR count). The lowest BCUT2D eigenvalue weighted by atomic mass is 10.1. The van der Waals surface area contributed by atoms with Crippen LogP contribution in [-0.2, 0) is 0 Å². The molecule has 4 nitrogen and oxygen atoms in total. The highest BCUT2D eigenvalue weighted by atomic mass is 32.1. The van der Waals surface area contributed by atoms with Crippen LogP contribution in [-0.4, -0.2) is 16.1 Å². The number of carboxylic acids is 1. The molecule has 116 valence electrons. The van der Waals surface area contributed by atoms with E-state index in [0.29, 0.717) is 11.3 Å². The summed E-state index contributed by atoms with van der Waals surface area (Å²) in [5, 5.41) is 12.4. The van der Waals surface area contributed by atoms with Crippen LogP contribution in [0.5, 0.6) is 0 Å². The first-order chi connectivity index (χ1) is 11.0. The number of hydrogen-bond donors (Lipinski definition) is 2. The Labute approximate surface area is 134 Å². The number of hydrogen-bond acceptors (Lipinski definition) is 4. The fourth-order valence-electron chi connectivity index (χ4n) is 2.01. The van der Waals surface area contributed by atoms with Crippen LogP contribution in [0, 0.1) is 11.6 Å². The van der Waals surface area contributed by atoms with Crippen molar-refractivity contribution in [2.75, 3.05) is 5.32 Å². The summed E-state index contributed by atoms with van der Waals surface area (Å²) in [5.41, 5.74) is 1.28. The fraction of sp³-hybridized carbons (Fsp3) is 0. The average molecular weight is 332 g/mol. The highest BCUT2D eigenvalue weighted by Crippen LogP contribution is 2.32. The molecule has 0 spiro atoms. The predicted octanol–water partition coefficient (Wildman–Crippen LogP) is 4.53. The number of aromatic carboxylic acids is 1. The van der Waals surface area contributed by atoms with Crippen LogP contribution in [0.25, 0.3) is 11.3 Å². The van der Waals surface area contributed by atoms with E-state index in [0.717, 1.165) is 23.5 Å². The molecule has 23 heavy (non-hydrogen) atoms. The zero-order valence-electron chi connectivity index (χ0n) is 11.6. The molecular weight excluding hydrogens is 322 g/mol. The summed E-state index contributed by atoms with van der Waals surface area (Å²) < 4.78 is 26.2. The van der Waals surface area contributed by atoms with E-state index in [4.69, 9.17) is 0 Å². The molecule has 0 saturated carbocycles. The van der Waals surface area contributed by atoms with Crippen LogP contribution in [0.2, 0.25) is 0 Å². The zero-order valence-corrected chi connectivity index (χ0v) is 12.4. The molecule has 2 N–H and O–H groups in total. The second-order valence-electron chi connectivity index (χ2n) is 4.62. The molecule has 0 unspecified atom stereocenters. The third-order valence-electron chi connectivity index (χ3n) is 3.04. The number of thiazole rings is 1. The molecule has 0 amide bonds. The Kier molecular flexibility index (Phi) is 4.03. The molecule has 1 aromatic heterocycles. The molecule has 0 fully saturated rings. The second-order valence-corrected chi connectivity index (χ2v) is 5.62. The standard InChI is InChI=1S/C16H10F2N2O2S/c17-11-7-6-10(8-12(11)18)19-16-20-13(14(23-16)15(21)22)9-4-2-1-3-5-9/h1-8H,(H,19,20)(H,21,22). The van der Waals surface area contributed by atoms with E-state index in [1.165, 1.54) is 6.07 Å². The number of aromatic nitrogens is 1. The fourth-order valence-corrected chi connectivity index (χ4v) is 2.85. The lowest BCUT2D eigenvalue weighted by molar-refractivity contribution is 0.0702. The maximum atomic E-state index is 13.2. The normalized spacial score (nSPS) is 10.5. The van der Waals surface area contributed by atoms with Gasteiger partial charge in [-0.25, -0.2) is 18.6 Å².